The van der Waals surface area contributed by atoms with Gasteiger partial charge in [0.25, 0.3) is 0 Å². The Balaban J connectivity index is 1.82. The number of aliphatic hydroxyl groups excluding tert-OH is 1. The van der Waals surface area contributed by atoms with Gasteiger partial charge in [-0.15, -0.1) is 0 Å². The van der Waals surface area contributed by atoms with Crippen molar-refractivity contribution in [3.63, 3.8) is 0 Å². The Morgan fingerprint density at radius 1 is 1.42 bits per heavy atom. The Morgan fingerprint density at radius 2 is 2.17 bits per heavy atom. The molecule has 1 aliphatic rings. The summed E-state index contributed by atoms with van der Waals surface area (Å²) in [5.74, 6) is 0.276. The summed E-state index contributed by atoms with van der Waals surface area (Å²) >= 11 is 0. The van der Waals surface area contributed by atoms with Gasteiger partial charge in [0.2, 0.25) is 5.91 Å². The third-order valence-electron chi connectivity index (χ3n) is 4.86. The lowest BCUT2D eigenvalue weighted by molar-refractivity contribution is -0.123. The number of likely N-dealkylation sites (N-methyl/N-ethyl adjacent to an activating group) is 1. The summed E-state index contributed by atoms with van der Waals surface area (Å²) in [7, 11) is 1.93. The number of nitrogens with one attached hydrogen (secondary N) is 1. The first kappa shape index (κ1) is 16.9. The number of aromatic nitrogens is 1. The van der Waals surface area contributed by atoms with Gasteiger partial charge in [0, 0.05) is 11.6 Å². The van der Waals surface area contributed by atoms with Crippen LogP contribution >= 0.6 is 0 Å². The second kappa shape index (κ2) is 7.28. The summed E-state index contributed by atoms with van der Waals surface area (Å²) in [6, 6.07) is 9.98. The third kappa shape index (κ3) is 3.74. The van der Waals surface area contributed by atoms with Crippen LogP contribution in [0, 0.1) is 5.92 Å². The molecule has 1 amide bonds. The van der Waals surface area contributed by atoms with Crippen molar-refractivity contribution in [1.29, 1.82) is 0 Å². The van der Waals surface area contributed by atoms with Crippen molar-refractivity contribution in [3.05, 3.63) is 42.1 Å². The Morgan fingerprint density at radius 3 is 2.88 bits per heavy atom. The van der Waals surface area contributed by atoms with Gasteiger partial charge < -0.3 is 10.4 Å². The molecule has 1 aromatic carbocycles. The number of amides is 1. The van der Waals surface area contributed by atoms with Crippen LogP contribution in [0.3, 0.4) is 0 Å². The number of para-hydroxylation sites is 1. The molecule has 0 spiro atoms. The number of fused-ring (bicyclic) bond motifs is 1. The van der Waals surface area contributed by atoms with Gasteiger partial charge in [0.1, 0.15) is 0 Å². The van der Waals surface area contributed by atoms with Crippen LogP contribution in [0.4, 0.5) is 0 Å². The molecule has 0 aliphatic heterocycles. The van der Waals surface area contributed by atoms with Crippen LogP contribution in [0.5, 0.6) is 0 Å². The summed E-state index contributed by atoms with van der Waals surface area (Å²) in [5.41, 5.74) is 1.96. The first-order chi connectivity index (χ1) is 11.6. The minimum Gasteiger partial charge on any atom is -0.393 e. The average Bonchev–Trinajstić information content (AvgIpc) is 2.56. The van der Waals surface area contributed by atoms with Crippen molar-refractivity contribution >= 4 is 16.8 Å². The molecule has 1 aliphatic carbocycles. The van der Waals surface area contributed by atoms with E-state index in [9.17, 15) is 9.90 Å². The number of carbonyl (C=O) groups excluding carboxylic acids is 1. The largest absolute Gasteiger partial charge is 0.393 e. The molecule has 3 rings (SSSR count). The van der Waals surface area contributed by atoms with Crippen LogP contribution in [0.2, 0.25) is 0 Å². The average molecular weight is 327 g/mol. The molecule has 5 heteroatoms. The van der Waals surface area contributed by atoms with Crippen molar-refractivity contribution in [1.82, 2.24) is 15.2 Å². The molecule has 2 aromatic rings. The van der Waals surface area contributed by atoms with Crippen LogP contribution in [-0.2, 0) is 4.79 Å². The quantitative estimate of drug-likeness (QED) is 0.853. The van der Waals surface area contributed by atoms with E-state index in [1.54, 1.807) is 0 Å². The molecule has 0 bridgehead atoms. The molecule has 5 nitrogen and oxygen atoms in total. The number of nitrogens with zero attached hydrogens (tertiary/aromatic N) is 2. The van der Waals surface area contributed by atoms with Crippen molar-refractivity contribution in [2.45, 2.75) is 31.9 Å². The van der Waals surface area contributed by atoms with Crippen LogP contribution in [-0.4, -0.2) is 47.1 Å². The minimum absolute atomic E-state index is 0.0129. The lowest BCUT2D eigenvalue weighted by Gasteiger charge is -2.38. The zero-order chi connectivity index (χ0) is 17.1. The summed E-state index contributed by atoms with van der Waals surface area (Å²) in [4.78, 5) is 18.8. The zero-order valence-electron chi connectivity index (χ0n) is 14.3. The lowest BCUT2D eigenvalue weighted by Crippen LogP contribution is -2.44. The number of aliphatic hydroxyl groups is 1. The van der Waals surface area contributed by atoms with Gasteiger partial charge >= 0.3 is 0 Å². The van der Waals surface area contributed by atoms with Crippen LogP contribution in [0.25, 0.3) is 10.9 Å². The van der Waals surface area contributed by atoms with Gasteiger partial charge in [0.15, 0.2) is 0 Å². The number of benzene rings is 1. The van der Waals surface area contributed by atoms with Crippen molar-refractivity contribution < 1.29 is 9.90 Å². The van der Waals surface area contributed by atoms with E-state index in [0.717, 1.165) is 35.9 Å². The van der Waals surface area contributed by atoms with Gasteiger partial charge in [-0.1, -0.05) is 25.1 Å². The topological polar surface area (TPSA) is 65.5 Å². The number of pyridine rings is 1. The van der Waals surface area contributed by atoms with E-state index in [-0.39, 0.29) is 24.0 Å². The molecule has 2 N–H and O–H groups in total. The normalized spacial score (nSPS) is 21.5. The Hall–Kier alpha value is -1.98. The Bertz CT molecular complexity index is 713. The van der Waals surface area contributed by atoms with Crippen LogP contribution < -0.4 is 5.32 Å². The monoisotopic (exact) mass is 327 g/mol. The molecule has 1 heterocycles. The lowest BCUT2D eigenvalue weighted by atomic mass is 9.75. The molecule has 0 saturated heterocycles. The van der Waals surface area contributed by atoms with E-state index < -0.39 is 0 Å². The number of hydrogen-bond donors (Lipinski definition) is 2. The maximum atomic E-state index is 12.3. The number of hydrogen-bond acceptors (Lipinski definition) is 4. The van der Waals surface area contributed by atoms with Crippen LogP contribution in [0.1, 0.15) is 31.4 Å². The van der Waals surface area contributed by atoms with Gasteiger partial charge in [0.05, 0.1) is 24.2 Å². The molecular formula is C19H25N3O2. The highest BCUT2D eigenvalue weighted by atomic mass is 16.3. The van der Waals surface area contributed by atoms with Gasteiger partial charge in [-0.2, -0.15) is 0 Å². The van der Waals surface area contributed by atoms with Gasteiger partial charge in [-0.25, -0.2) is 0 Å². The molecule has 0 unspecified atom stereocenters. The SMILES string of the molecule is CCN(C)CC(=O)N[C@@H](c1cnc2ccccc2c1)C1CC(O)C1. The summed E-state index contributed by atoms with van der Waals surface area (Å²) in [6.45, 7) is 3.24. The smallest absolute Gasteiger partial charge is 0.234 e. The first-order valence-corrected chi connectivity index (χ1v) is 8.57. The zero-order valence-corrected chi connectivity index (χ0v) is 14.3. The second-order valence-electron chi connectivity index (χ2n) is 6.72. The Labute approximate surface area is 142 Å². The molecule has 1 atom stereocenters. The summed E-state index contributed by atoms with van der Waals surface area (Å²) in [5, 5.41) is 13.9. The third-order valence-corrected chi connectivity index (χ3v) is 4.86. The fourth-order valence-corrected chi connectivity index (χ4v) is 3.21. The highest BCUT2D eigenvalue weighted by Crippen LogP contribution is 2.38. The molecule has 24 heavy (non-hydrogen) atoms. The fourth-order valence-electron chi connectivity index (χ4n) is 3.21. The molecule has 0 radical (unpaired) electrons. The predicted molar refractivity (Wildman–Crippen MR) is 94.5 cm³/mol. The maximum Gasteiger partial charge on any atom is 0.234 e. The maximum absolute atomic E-state index is 12.3. The predicted octanol–water partition coefficient (Wildman–Crippen LogP) is 2.11. The molecule has 1 fully saturated rings. The minimum atomic E-state index is -0.249. The van der Waals surface area contributed by atoms with E-state index in [0.29, 0.717) is 6.54 Å². The summed E-state index contributed by atoms with van der Waals surface area (Å²) < 4.78 is 0. The van der Waals surface area contributed by atoms with Crippen molar-refractivity contribution in [2.24, 2.45) is 5.92 Å². The molecule has 1 aromatic heterocycles. The van der Waals surface area contributed by atoms with Gasteiger partial charge in [-0.05, 0) is 50.0 Å². The standard InChI is InChI=1S/C19H25N3O2/c1-3-22(2)12-18(24)21-19(14-9-16(23)10-14)15-8-13-6-4-5-7-17(13)20-11-15/h4-8,11,14,16,19,23H,3,9-10,12H2,1-2H3,(H,21,24)/t14?,16?,19-/m1/s1. The van der Waals surface area contributed by atoms with Crippen molar-refractivity contribution in [2.75, 3.05) is 20.1 Å². The van der Waals surface area contributed by atoms with Crippen LogP contribution in [0.15, 0.2) is 36.5 Å². The molecular weight excluding hydrogens is 302 g/mol. The Kier molecular flexibility index (Phi) is 5.11. The highest BCUT2D eigenvalue weighted by Gasteiger charge is 2.35. The van der Waals surface area contributed by atoms with E-state index in [1.807, 2.05) is 49.3 Å². The second-order valence-corrected chi connectivity index (χ2v) is 6.72. The van der Waals surface area contributed by atoms with E-state index >= 15 is 0 Å². The van der Waals surface area contributed by atoms with E-state index in [2.05, 4.69) is 16.4 Å². The highest BCUT2D eigenvalue weighted by molar-refractivity contribution is 5.80. The summed E-state index contributed by atoms with van der Waals surface area (Å²) in [6.07, 6.45) is 3.05. The molecule has 128 valence electrons. The first-order valence-electron chi connectivity index (χ1n) is 8.57. The fraction of sp³-hybridized carbons (Fsp3) is 0.474. The molecule has 1 saturated carbocycles. The van der Waals surface area contributed by atoms with Gasteiger partial charge in [-0.3, -0.25) is 14.7 Å². The number of rotatable bonds is 6. The van der Waals surface area contributed by atoms with Crippen molar-refractivity contribution in [3.8, 4) is 0 Å². The van der Waals surface area contributed by atoms with E-state index in [4.69, 9.17) is 0 Å². The van der Waals surface area contributed by atoms with E-state index in [1.165, 1.54) is 0 Å². The number of carbonyl (C=O) groups is 1.